The maximum absolute atomic E-state index is 12.1. The van der Waals surface area contributed by atoms with Crippen LogP contribution in [0, 0.1) is 5.92 Å². The Bertz CT molecular complexity index is 407. The largest absolute Gasteiger partial charge is 0.350 e. The van der Waals surface area contributed by atoms with Crippen molar-refractivity contribution in [1.29, 1.82) is 0 Å². The molecule has 1 aliphatic rings. The molecule has 0 aliphatic heterocycles. The highest BCUT2D eigenvalue weighted by atomic mass is 16.1. The molecule has 1 aromatic heterocycles. The highest BCUT2D eigenvalue weighted by Gasteiger charge is 2.24. The third kappa shape index (κ3) is 4.03. The minimum absolute atomic E-state index is 0.000940. The lowest BCUT2D eigenvalue weighted by molar-refractivity contribution is -0.123. The average molecular weight is 261 g/mol. The van der Waals surface area contributed by atoms with E-state index in [-0.39, 0.29) is 18.0 Å². The number of carbonyl (C=O) groups excluding carboxylic acids is 1. The molecule has 0 saturated heterocycles. The Morgan fingerprint density at radius 3 is 3.00 bits per heavy atom. The number of nitrogens with zero attached hydrogens (tertiary/aromatic N) is 1. The van der Waals surface area contributed by atoms with Crippen LogP contribution in [-0.2, 0) is 4.79 Å². The second-order valence-corrected chi connectivity index (χ2v) is 5.49. The van der Waals surface area contributed by atoms with Gasteiger partial charge in [0.2, 0.25) is 5.91 Å². The molecule has 1 aromatic rings. The zero-order chi connectivity index (χ0) is 13.7. The minimum atomic E-state index is 0.000940. The number of nitrogens with two attached hydrogens (primary N) is 1. The van der Waals surface area contributed by atoms with Gasteiger partial charge in [0.25, 0.3) is 0 Å². The Labute approximate surface area is 114 Å². The fraction of sp³-hybridized carbons (Fsp3) is 0.600. The molecule has 2 rings (SSSR count). The Morgan fingerprint density at radius 2 is 2.32 bits per heavy atom. The second kappa shape index (κ2) is 6.66. The molecule has 0 aromatic carbocycles. The highest BCUT2D eigenvalue weighted by Crippen LogP contribution is 2.25. The molecule has 0 bridgehead atoms. The number of hydrogen-bond acceptors (Lipinski definition) is 3. The Kier molecular flexibility index (Phi) is 4.91. The van der Waals surface area contributed by atoms with Gasteiger partial charge in [-0.2, -0.15) is 0 Å². The number of hydrogen-bond donors (Lipinski definition) is 2. The van der Waals surface area contributed by atoms with Crippen molar-refractivity contribution in [2.24, 2.45) is 11.7 Å². The summed E-state index contributed by atoms with van der Waals surface area (Å²) in [6.45, 7) is 1.98. The van der Waals surface area contributed by atoms with Crippen LogP contribution >= 0.6 is 0 Å². The van der Waals surface area contributed by atoms with Crippen molar-refractivity contribution in [1.82, 2.24) is 10.3 Å². The fourth-order valence-electron chi connectivity index (χ4n) is 2.74. The van der Waals surface area contributed by atoms with Crippen molar-refractivity contribution in [3.8, 4) is 0 Å². The average Bonchev–Trinajstić information content (AvgIpc) is 2.42. The van der Waals surface area contributed by atoms with E-state index in [4.69, 9.17) is 5.73 Å². The van der Waals surface area contributed by atoms with Crippen molar-refractivity contribution in [3.05, 3.63) is 30.1 Å². The molecule has 19 heavy (non-hydrogen) atoms. The van der Waals surface area contributed by atoms with E-state index in [1.54, 1.807) is 12.4 Å². The van der Waals surface area contributed by atoms with Crippen LogP contribution in [0.2, 0.25) is 0 Å². The van der Waals surface area contributed by atoms with Crippen molar-refractivity contribution < 1.29 is 4.79 Å². The lowest BCUT2D eigenvalue weighted by Crippen LogP contribution is -2.37. The number of nitrogens with one attached hydrogen (secondary N) is 1. The summed E-state index contributed by atoms with van der Waals surface area (Å²) in [6.07, 6.45) is 8.60. The van der Waals surface area contributed by atoms with Crippen LogP contribution in [0.15, 0.2) is 24.5 Å². The fourth-order valence-corrected chi connectivity index (χ4v) is 2.74. The number of pyridine rings is 1. The molecule has 3 atom stereocenters. The molecule has 4 nitrogen and oxygen atoms in total. The summed E-state index contributed by atoms with van der Waals surface area (Å²) >= 11 is 0. The van der Waals surface area contributed by atoms with E-state index < -0.39 is 0 Å². The van der Waals surface area contributed by atoms with E-state index in [0.29, 0.717) is 12.3 Å². The van der Waals surface area contributed by atoms with Crippen molar-refractivity contribution >= 4 is 5.91 Å². The molecule has 3 N–H and O–H groups in total. The topological polar surface area (TPSA) is 68.0 Å². The van der Waals surface area contributed by atoms with Gasteiger partial charge in [-0.15, -0.1) is 0 Å². The lowest BCUT2D eigenvalue weighted by Gasteiger charge is -2.28. The van der Waals surface area contributed by atoms with E-state index in [1.165, 1.54) is 12.8 Å². The summed E-state index contributed by atoms with van der Waals surface area (Å²) < 4.78 is 0. The van der Waals surface area contributed by atoms with Crippen LogP contribution in [-0.4, -0.2) is 16.9 Å². The third-order valence-electron chi connectivity index (χ3n) is 3.98. The zero-order valence-electron chi connectivity index (χ0n) is 11.5. The van der Waals surface area contributed by atoms with E-state index in [1.807, 2.05) is 19.1 Å². The van der Waals surface area contributed by atoms with Crippen LogP contribution in [0.3, 0.4) is 0 Å². The minimum Gasteiger partial charge on any atom is -0.350 e. The number of aromatic nitrogens is 1. The van der Waals surface area contributed by atoms with Gasteiger partial charge in [0.1, 0.15) is 0 Å². The molecule has 4 heteroatoms. The summed E-state index contributed by atoms with van der Waals surface area (Å²) in [5, 5.41) is 3.03. The molecule has 1 heterocycles. The van der Waals surface area contributed by atoms with Gasteiger partial charge in [-0.1, -0.05) is 18.9 Å². The van der Waals surface area contributed by atoms with Crippen LogP contribution < -0.4 is 11.1 Å². The van der Waals surface area contributed by atoms with E-state index in [0.717, 1.165) is 18.4 Å². The first-order valence-electron chi connectivity index (χ1n) is 7.11. The molecule has 0 spiro atoms. The molecule has 1 saturated carbocycles. The maximum atomic E-state index is 12.1. The summed E-state index contributed by atoms with van der Waals surface area (Å²) in [4.78, 5) is 16.1. The Morgan fingerprint density at radius 1 is 1.53 bits per heavy atom. The standard InChI is InChI=1S/C15H23N3O/c1-11(13-6-4-8-17-10-13)18-15(19)9-12-5-2-3-7-14(12)16/h4,6,8,10-12,14H,2-3,5,7,9,16H2,1H3,(H,18,19)/t11-,12?,14?/m0/s1. The van der Waals surface area contributed by atoms with E-state index >= 15 is 0 Å². The maximum Gasteiger partial charge on any atom is 0.220 e. The summed E-state index contributed by atoms with van der Waals surface area (Å²) in [7, 11) is 0. The number of rotatable bonds is 4. The SMILES string of the molecule is C[C@H](NC(=O)CC1CCCCC1N)c1cccnc1. The Balaban J connectivity index is 1.84. The first kappa shape index (κ1) is 14.0. The normalized spacial score (nSPS) is 24.7. The number of amides is 1. The quantitative estimate of drug-likeness (QED) is 0.872. The molecule has 0 radical (unpaired) electrons. The summed E-state index contributed by atoms with van der Waals surface area (Å²) in [5.41, 5.74) is 7.11. The molecule has 1 amide bonds. The Hall–Kier alpha value is -1.42. The predicted octanol–water partition coefficient (Wildman–Crippen LogP) is 2.17. The molecular formula is C15H23N3O. The van der Waals surface area contributed by atoms with Gasteiger partial charge < -0.3 is 11.1 Å². The van der Waals surface area contributed by atoms with Crippen molar-refractivity contribution in [2.75, 3.05) is 0 Å². The van der Waals surface area contributed by atoms with Crippen LogP contribution in [0.5, 0.6) is 0 Å². The van der Waals surface area contributed by atoms with Crippen LogP contribution in [0.4, 0.5) is 0 Å². The van der Waals surface area contributed by atoms with Crippen LogP contribution in [0.1, 0.15) is 50.6 Å². The highest BCUT2D eigenvalue weighted by molar-refractivity contribution is 5.76. The third-order valence-corrected chi connectivity index (χ3v) is 3.98. The van der Waals surface area contributed by atoms with Gasteiger partial charge in [-0.3, -0.25) is 9.78 Å². The van der Waals surface area contributed by atoms with Gasteiger partial charge in [0, 0.05) is 24.9 Å². The summed E-state index contributed by atoms with van der Waals surface area (Å²) in [6, 6.07) is 4.05. The first-order chi connectivity index (χ1) is 9.16. The van der Waals surface area contributed by atoms with Crippen LogP contribution in [0.25, 0.3) is 0 Å². The monoisotopic (exact) mass is 261 g/mol. The van der Waals surface area contributed by atoms with E-state index in [2.05, 4.69) is 10.3 Å². The molecule has 1 fully saturated rings. The molecule has 104 valence electrons. The predicted molar refractivity (Wildman–Crippen MR) is 75.3 cm³/mol. The molecule has 2 unspecified atom stereocenters. The van der Waals surface area contributed by atoms with Gasteiger partial charge in [0.05, 0.1) is 6.04 Å². The molecular weight excluding hydrogens is 238 g/mol. The van der Waals surface area contributed by atoms with E-state index in [9.17, 15) is 4.79 Å². The van der Waals surface area contributed by atoms with Crippen molar-refractivity contribution in [2.45, 2.75) is 51.1 Å². The lowest BCUT2D eigenvalue weighted by atomic mass is 9.83. The zero-order valence-corrected chi connectivity index (χ0v) is 11.5. The van der Waals surface area contributed by atoms with Gasteiger partial charge in [-0.05, 0) is 37.3 Å². The van der Waals surface area contributed by atoms with Gasteiger partial charge in [0.15, 0.2) is 0 Å². The van der Waals surface area contributed by atoms with Crippen molar-refractivity contribution in [3.63, 3.8) is 0 Å². The first-order valence-corrected chi connectivity index (χ1v) is 7.11. The summed E-state index contributed by atoms with van der Waals surface area (Å²) in [5.74, 6) is 0.438. The van der Waals surface area contributed by atoms with Gasteiger partial charge in [-0.25, -0.2) is 0 Å². The molecule has 1 aliphatic carbocycles. The van der Waals surface area contributed by atoms with Gasteiger partial charge >= 0.3 is 0 Å². The number of carbonyl (C=O) groups is 1. The second-order valence-electron chi connectivity index (χ2n) is 5.49. The smallest absolute Gasteiger partial charge is 0.220 e.